The normalized spacial score (nSPS) is 29.8. The SMILES string of the molecule is CC1(C)NCC2c3ccccc3CN2C1(C)C. The van der Waals surface area contributed by atoms with Crippen LogP contribution in [0, 0.1) is 0 Å². The first-order chi connectivity index (χ1) is 7.93. The first-order valence-electron chi connectivity index (χ1n) is 6.53. The molecule has 2 nitrogen and oxygen atoms in total. The van der Waals surface area contributed by atoms with Gasteiger partial charge in [0, 0.05) is 30.2 Å². The van der Waals surface area contributed by atoms with E-state index in [1.165, 1.54) is 11.1 Å². The topological polar surface area (TPSA) is 15.3 Å². The van der Waals surface area contributed by atoms with E-state index >= 15 is 0 Å². The van der Waals surface area contributed by atoms with Gasteiger partial charge in [-0.2, -0.15) is 0 Å². The van der Waals surface area contributed by atoms with Crippen LogP contribution in [0.15, 0.2) is 24.3 Å². The van der Waals surface area contributed by atoms with E-state index in [9.17, 15) is 0 Å². The fourth-order valence-electron chi connectivity index (χ4n) is 3.20. The van der Waals surface area contributed by atoms with E-state index in [0.717, 1.165) is 13.1 Å². The minimum atomic E-state index is 0.158. The molecule has 1 fully saturated rings. The maximum atomic E-state index is 3.72. The van der Waals surface area contributed by atoms with Crippen LogP contribution in [-0.2, 0) is 6.54 Å². The molecular formula is C15H22N2. The van der Waals surface area contributed by atoms with E-state index in [1.54, 1.807) is 0 Å². The van der Waals surface area contributed by atoms with Crippen molar-refractivity contribution in [2.45, 2.75) is 51.4 Å². The van der Waals surface area contributed by atoms with Gasteiger partial charge in [-0.3, -0.25) is 4.90 Å². The molecule has 2 heterocycles. The molecule has 0 spiro atoms. The Morgan fingerprint density at radius 3 is 2.65 bits per heavy atom. The van der Waals surface area contributed by atoms with E-state index in [1.807, 2.05) is 0 Å². The van der Waals surface area contributed by atoms with E-state index in [0.29, 0.717) is 6.04 Å². The zero-order chi connectivity index (χ0) is 12.3. The van der Waals surface area contributed by atoms with Crippen LogP contribution >= 0.6 is 0 Å². The van der Waals surface area contributed by atoms with Crippen molar-refractivity contribution in [1.82, 2.24) is 10.2 Å². The number of hydrogen-bond acceptors (Lipinski definition) is 2. The predicted molar refractivity (Wildman–Crippen MR) is 70.9 cm³/mol. The Morgan fingerprint density at radius 1 is 1.18 bits per heavy atom. The number of fused-ring (bicyclic) bond motifs is 3. The summed E-state index contributed by atoms with van der Waals surface area (Å²) < 4.78 is 0. The Morgan fingerprint density at radius 2 is 1.88 bits per heavy atom. The van der Waals surface area contributed by atoms with Crippen molar-refractivity contribution in [3.63, 3.8) is 0 Å². The molecule has 92 valence electrons. The molecule has 0 saturated carbocycles. The van der Waals surface area contributed by atoms with Gasteiger partial charge in [-0.1, -0.05) is 24.3 Å². The Kier molecular flexibility index (Phi) is 2.20. The molecule has 2 aliphatic rings. The van der Waals surface area contributed by atoms with Crippen LogP contribution in [-0.4, -0.2) is 22.5 Å². The third kappa shape index (κ3) is 1.40. The van der Waals surface area contributed by atoms with Crippen molar-refractivity contribution in [3.05, 3.63) is 35.4 Å². The first kappa shape index (κ1) is 11.2. The lowest BCUT2D eigenvalue weighted by Crippen LogP contribution is -2.69. The van der Waals surface area contributed by atoms with Gasteiger partial charge in [0.15, 0.2) is 0 Å². The van der Waals surface area contributed by atoms with Crippen LogP contribution in [0.4, 0.5) is 0 Å². The molecule has 1 atom stereocenters. The standard InChI is InChI=1S/C15H22N2/c1-14(2)15(3,4)17-10-11-7-5-6-8-12(11)13(17)9-16-14/h5-8,13,16H,9-10H2,1-4H3. The van der Waals surface area contributed by atoms with Gasteiger partial charge in [0.05, 0.1) is 0 Å². The van der Waals surface area contributed by atoms with Gasteiger partial charge < -0.3 is 5.32 Å². The monoisotopic (exact) mass is 230 g/mol. The number of piperazine rings is 1. The average molecular weight is 230 g/mol. The summed E-state index contributed by atoms with van der Waals surface area (Å²) in [5.74, 6) is 0. The number of benzene rings is 1. The smallest absolute Gasteiger partial charge is 0.0485 e. The lowest BCUT2D eigenvalue weighted by atomic mass is 9.78. The highest BCUT2D eigenvalue weighted by atomic mass is 15.3. The van der Waals surface area contributed by atoms with Gasteiger partial charge in [-0.25, -0.2) is 0 Å². The Labute approximate surface area is 104 Å². The summed E-state index contributed by atoms with van der Waals surface area (Å²) >= 11 is 0. The Balaban J connectivity index is 2.03. The van der Waals surface area contributed by atoms with Crippen LogP contribution < -0.4 is 5.32 Å². The fourth-order valence-corrected chi connectivity index (χ4v) is 3.20. The Bertz CT molecular complexity index is 448. The zero-order valence-corrected chi connectivity index (χ0v) is 11.2. The second-order valence-electron chi connectivity index (χ2n) is 6.41. The number of hydrogen-bond donors (Lipinski definition) is 1. The van der Waals surface area contributed by atoms with Gasteiger partial charge in [0.2, 0.25) is 0 Å². The average Bonchev–Trinajstić information content (AvgIpc) is 2.64. The van der Waals surface area contributed by atoms with Gasteiger partial charge in [-0.15, -0.1) is 0 Å². The minimum absolute atomic E-state index is 0.158. The summed E-state index contributed by atoms with van der Waals surface area (Å²) in [6, 6.07) is 9.43. The highest BCUT2D eigenvalue weighted by molar-refractivity contribution is 5.36. The molecule has 0 radical (unpaired) electrons. The molecule has 17 heavy (non-hydrogen) atoms. The summed E-state index contributed by atoms with van der Waals surface area (Å²) in [5, 5.41) is 3.72. The third-order valence-corrected chi connectivity index (χ3v) is 5.12. The summed E-state index contributed by atoms with van der Waals surface area (Å²) in [6.45, 7) is 11.5. The lowest BCUT2D eigenvalue weighted by molar-refractivity contribution is -0.0296. The maximum absolute atomic E-state index is 3.72. The van der Waals surface area contributed by atoms with E-state index in [4.69, 9.17) is 0 Å². The van der Waals surface area contributed by atoms with Crippen LogP contribution in [0.25, 0.3) is 0 Å². The molecule has 0 aromatic heterocycles. The first-order valence-corrected chi connectivity index (χ1v) is 6.53. The second-order valence-corrected chi connectivity index (χ2v) is 6.41. The third-order valence-electron chi connectivity index (χ3n) is 5.12. The summed E-state index contributed by atoms with van der Waals surface area (Å²) in [5.41, 5.74) is 3.36. The van der Waals surface area contributed by atoms with E-state index in [2.05, 4.69) is 62.2 Å². The van der Waals surface area contributed by atoms with E-state index < -0.39 is 0 Å². The molecule has 3 rings (SSSR count). The molecule has 1 unspecified atom stereocenters. The van der Waals surface area contributed by atoms with Crippen molar-refractivity contribution in [2.75, 3.05) is 6.54 Å². The predicted octanol–water partition coefficient (Wildman–Crippen LogP) is 2.70. The highest BCUT2D eigenvalue weighted by Crippen LogP contribution is 2.45. The summed E-state index contributed by atoms with van der Waals surface area (Å²) in [7, 11) is 0. The summed E-state index contributed by atoms with van der Waals surface area (Å²) in [4.78, 5) is 2.66. The highest BCUT2D eigenvalue weighted by Gasteiger charge is 2.50. The quantitative estimate of drug-likeness (QED) is 0.737. The second kappa shape index (κ2) is 3.33. The van der Waals surface area contributed by atoms with Crippen molar-refractivity contribution in [1.29, 1.82) is 0 Å². The van der Waals surface area contributed by atoms with Crippen LogP contribution in [0.3, 0.4) is 0 Å². The summed E-state index contributed by atoms with van der Waals surface area (Å²) in [6.07, 6.45) is 0. The van der Waals surface area contributed by atoms with E-state index in [-0.39, 0.29) is 11.1 Å². The molecule has 0 amide bonds. The van der Waals surface area contributed by atoms with Crippen molar-refractivity contribution in [3.8, 4) is 0 Å². The van der Waals surface area contributed by atoms with Crippen molar-refractivity contribution < 1.29 is 0 Å². The zero-order valence-electron chi connectivity index (χ0n) is 11.2. The van der Waals surface area contributed by atoms with Gasteiger partial charge in [0.1, 0.15) is 0 Å². The van der Waals surface area contributed by atoms with Crippen LogP contribution in [0.5, 0.6) is 0 Å². The Hall–Kier alpha value is -0.860. The van der Waals surface area contributed by atoms with Gasteiger partial charge >= 0.3 is 0 Å². The molecule has 0 aliphatic carbocycles. The maximum Gasteiger partial charge on any atom is 0.0485 e. The van der Waals surface area contributed by atoms with Crippen molar-refractivity contribution >= 4 is 0 Å². The molecule has 2 aliphatic heterocycles. The molecule has 0 bridgehead atoms. The van der Waals surface area contributed by atoms with Gasteiger partial charge in [-0.05, 0) is 38.8 Å². The molecule has 1 aromatic rings. The van der Waals surface area contributed by atoms with Crippen LogP contribution in [0.1, 0.15) is 44.9 Å². The molecular weight excluding hydrogens is 208 g/mol. The molecule has 2 heteroatoms. The molecule has 1 saturated heterocycles. The van der Waals surface area contributed by atoms with Crippen molar-refractivity contribution in [2.24, 2.45) is 0 Å². The molecule has 1 aromatic carbocycles. The number of rotatable bonds is 0. The van der Waals surface area contributed by atoms with Crippen LogP contribution in [0.2, 0.25) is 0 Å². The fraction of sp³-hybridized carbons (Fsp3) is 0.600. The number of nitrogens with zero attached hydrogens (tertiary/aromatic N) is 1. The largest absolute Gasteiger partial charge is 0.308 e. The number of nitrogens with one attached hydrogen (secondary N) is 1. The minimum Gasteiger partial charge on any atom is -0.308 e. The lowest BCUT2D eigenvalue weighted by Gasteiger charge is -2.55. The van der Waals surface area contributed by atoms with Gasteiger partial charge in [0.25, 0.3) is 0 Å². The molecule has 1 N–H and O–H groups in total.